The van der Waals surface area contributed by atoms with Crippen molar-refractivity contribution in [2.45, 2.75) is 18.9 Å². The van der Waals surface area contributed by atoms with E-state index in [-0.39, 0.29) is 24.2 Å². The molecule has 1 fully saturated rings. The molecule has 20 heavy (non-hydrogen) atoms. The minimum Gasteiger partial charge on any atom is -0.371 e. The number of nitro benzene ring substituents is 1. The number of nitro groups is 1. The van der Waals surface area contributed by atoms with Gasteiger partial charge in [0.1, 0.15) is 5.69 Å². The van der Waals surface area contributed by atoms with Gasteiger partial charge in [0.25, 0.3) is 5.69 Å². The fourth-order valence-electron chi connectivity index (χ4n) is 2.21. The van der Waals surface area contributed by atoms with Gasteiger partial charge in [-0.25, -0.2) is 0 Å². The summed E-state index contributed by atoms with van der Waals surface area (Å²) in [6.07, 6.45) is 2.01. The summed E-state index contributed by atoms with van der Waals surface area (Å²) in [7, 11) is 0. The van der Waals surface area contributed by atoms with E-state index in [4.69, 9.17) is 0 Å². The van der Waals surface area contributed by atoms with E-state index in [0.29, 0.717) is 5.69 Å². The summed E-state index contributed by atoms with van der Waals surface area (Å²) in [5.74, 6) is -0.156. The first-order valence-electron chi connectivity index (χ1n) is 6.64. The lowest BCUT2D eigenvalue weighted by Gasteiger charge is -2.23. The van der Waals surface area contributed by atoms with E-state index in [0.717, 1.165) is 25.9 Å². The van der Waals surface area contributed by atoms with Crippen LogP contribution in [0.5, 0.6) is 0 Å². The number of amides is 1. The molecule has 2 rings (SSSR count). The van der Waals surface area contributed by atoms with Gasteiger partial charge in [-0.1, -0.05) is 12.1 Å². The Morgan fingerprint density at radius 1 is 1.45 bits per heavy atom. The van der Waals surface area contributed by atoms with Gasteiger partial charge in [-0.15, -0.1) is 0 Å². The topological polar surface area (TPSA) is 96.3 Å². The maximum Gasteiger partial charge on any atom is 0.292 e. The van der Waals surface area contributed by atoms with Crippen molar-refractivity contribution in [1.29, 1.82) is 0 Å². The molecule has 1 saturated heterocycles. The molecule has 1 aliphatic rings. The molecule has 1 aliphatic heterocycles. The van der Waals surface area contributed by atoms with E-state index < -0.39 is 4.92 Å². The molecule has 3 N–H and O–H groups in total. The molecule has 0 saturated carbocycles. The Hall–Kier alpha value is -2.15. The summed E-state index contributed by atoms with van der Waals surface area (Å²) in [5.41, 5.74) is 0.328. The van der Waals surface area contributed by atoms with Gasteiger partial charge in [0, 0.05) is 18.7 Å². The van der Waals surface area contributed by atoms with Crippen molar-refractivity contribution < 1.29 is 9.72 Å². The highest BCUT2D eigenvalue weighted by molar-refractivity contribution is 5.82. The van der Waals surface area contributed by atoms with Crippen molar-refractivity contribution in [3.63, 3.8) is 0 Å². The predicted molar refractivity (Wildman–Crippen MR) is 75.6 cm³/mol. The smallest absolute Gasteiger partial charge is 0.292 e. The van der Waals surface area contributed by atoms with Crippen LogP contribution in [0.4, 0.5) is 11.4 Å². The van der Waals surface area contributed by atoms with Crippen LogP contribution in [0.15, 0.2) is 24.3 Å². The number of hydrogen-bond donors (Lipinski definition) is 3. The van der Waals surface area contributed by atoms with E-state index in [1.54, 1.807) is 18.2 Å². The highest BCUT2D eigenvalue weighted by atomic mass is 16.6. The number of benzene rings is 1. The predicted octanol–water partition coefficient (Wildman–Crippen LogP) is 0.875. The van der Waals surface area contributed by atoms with Crippen LogP contribution in [0, 0.1) is 10.1 Å². The molecule has 7 heteroatoms. The van der Waals surface area contributed by atoms with Gasteiger partial charge in [0.15, 0.2) is 0 Å². The minimum absolute atomic E-state index is 0.0281. The number of nitrogens with one attached hydrogen (secondary N) is 3. The monoisotopic (exact) mass is 278 g/mol. The van der Waals surface area contributed by atoms with Gasteiger partial charge >= 0.3 is 0 Å². The Kier molecular flexibility index (Phi) is 4.89. The summed E-state index contributed by atoms with van der Waals surface area (Å²) in [6, 6.07) is 6.43. The van der Waals surface area contributed by atoms with Crippen molar-refractivity contribution in [3.05, 3.63) is 34.4 Å². The Morgan fingerprint density at radius 3 is 2.95 bits per heavy atom. The molecule has 0 aromatic heterocycles. The summed E-state index contributed by atoms with van der Waals surface area (Å²) in [4.78, 5) is 22.2. The van der Waals surface area contributed by atoms with Crippen LogP contribution >= 0.6 is 0 Å². The Balaban J connectivity index is 1.85. The molecular weight excluding hydrogens is 260 g/mol. The second-order valence-corrected chi connectivity index (χ2v) is 4.74. The lowest BCUT2D eigenvalue weighted by atomic mass is 10.1. The molecule has 1 amide bonds. The van der Waals surface area contributed by atoms with Crippen LogP contribution in [-0.4, -0.2) is 36.5 Å². The molecule has 1 heterocycles. The number of hydrogen-bond acceptors (Lipinski definition) is 5. The second kappa shape index (κ2) is 6.85. The average Bonchev–Trinajstić information content (AvgIpc) is 2.46. The summed E-state index contributed by atoms with van der Waals surface area (Å²) < 4.78 is 0. The number of anilines is 1. The lowest BCUT2D eigenvalue weighted by molar-refractivity contribution is -0.383. The zero-order valence-corrected chi connectivity index (χ0v) is 11.1. The highest BCUT2D eigenvalue weighted by Crippen LogP contribution is 2.22. The third-order valence-electron chi connectivity index (χ3n) is 3.20. The fourth-order valence-corrected chi connectivity index (χ4v) is 2.21. The molecule has 1 atom stereocenters. The van der Waals surface area contributed by atoms with Crippen LogP contribution < -0.4 is 16.0 Å². The van der Waals surface area contributed by atoms with Crippen molar-refractivity contribution in [2.75, 3.05) is 25.0 Å². The van der Waals surface area contributed by atoms with Crippen molar-refractivity contribution >= 4 is 17.3 Å². The first kappa shape index (κ1) is 14.3. The van der Waals surface area contributed by atoms with E-state index in [9.17, 15) is 14.9 Å². The summed E-state index contributed by atoms with van der Waals surface area (Å²) in [5, 5.41) is 19.8. The van der Waals surface area contributed by atoms with Gasteiger partial charge in [-0.2, -0.15) is 0 Å². The maximum atomic E-state index is 11.8. The van der Waals surface area contributed by atoms with Crippen LogP contribution in [0.25, 0.3) is 0 Å². The highest BCUT2D eigenvalue weighted by Gasteiger charge is 2.16. The third-order valence-corrected chi connectivity index (χ3v) is 3.20. The van der Waals surface area contributed by atoms with Gasteiger partial charge in [-0.05, 0) is 25.5 Å². The molecule has 0 spiro atoms. The van der Waals surface area contributed by atoms with Crippen LogP contribution in [-0.2, 0) is 4.79 Å². The fraction of sp³-hybridized carbons (Fsp3) is 0.462. The Morgan fingerprint density at radius 2 is 2.25 bits per heavy atom. The maximum absolute atomic E-state index is 11.8. The number of nitrogens with zero attached hydrogens (tertiary/aromatic N) is 1. The SMILES string of the molecule is O=C(CNc1ccccc1[N+](=O)[O-])N[C@H]1CCCNC1. The second-order valence-electron chi connectivity index (χ2n) is 4.74. The molecule has 7 nitrogen and oxygen atoms in total. The van der Waals surface area contributed by atoms with Crippen LogP contribution in [0.1, 0.15) is 12.8 Å². The third kappa shape index (κ3) is 3.92. The first-order chi connectivity index (χ1) is 9.66. The molecule has 108 valence electrons. The van der Waals surface area contributed by atoms with E-state index in [1.807, 2.05) is 0 Å². The number of carbonyl (C=O) groups is 1. The molecule has 0 radical (unpaired) electrons. The van der Waals surface area contributed by atoms with Crippen molar-refractivity contribution in [1.82, 2.24) is 10.6 Å². The Bertz CT molecular complexity index is 486. The lowest BCUT2D eigenvalue weighted by Crippen LogP contribution is -2.47. The summed E-state index contributed by atoms with van der Waals surface area (Å²) in [6.45, 7) is 1.79. The van der Waals surface area contributed by atoms with Gasteiger partial charge in [0.2, 0.25) is 5.91 Å². The molecule has 1 aromatic rings. The number of carbonyl (C=O) groups excluding carboxylic acids is 1. The van der Waals surface area contributed by atoms with Gasteiger partial charge in [-0.3, -0.25) is 14.9 Å². The standard InChI is InChI=1S/C13H18N4O3/c18-13(16-10-4-3-7-14-8-10)9-15-11-5-1-2-6-12(11)17(19)20/h1-2,5-6,10,14-15H,3-4,7-9H2,(H,16,18)/t10-/m0/s1. The normalized spacial score (nSPS) is 18.3. The first-order valence-corrected chi connectivity index (χ1v) is 6.64. The molecule has 0 aliphatic carbocycles. The largest absolute Gasteiger partial charge is 0.371 e. The number of para-hydroxylation sites is 2. The molecular formula is C13H18N4O3. The minimum atomic E-state index is -0.467. The average molecular weight is 278 g/mol. The van der Waals surface area contributed by atoms with Crippen molar-refractivity contribution in [2.24, 2.45) is 0 Å². The van der Waals surface area contributed by atoms with Gasteiger partial charge in [0.05, 0.1) is 11.5 Å². The van der Waals surface area contributed by atoms with E-state index >= 15 is 0 Å². The van der Waals surface area contributed by atoms with Gasteiger partial charge < -0.3 is 16.0 Å². The molecule has 0 bridgehead atoms. The zero-order chi connectivity index (χ0) is 14.4. The van der Waals surface area contributed by atoms with E-state index in [2.05, 4.69) is 16.0 Å². The van der Waals surface area contributed by atoms with Crippen molar-refractivity contribution in [3.8, 4) is 0 Å². The molecule has 0 unspecified atom stereocenters. The van der Waals surface area contributed by atoms with Crippen LogP contribution in [0.3, 0.4) is 0 Å². The quantitative estimate of drug-likeness (QED) is 0.548. The number of rotatable bonds is 5. The summed E-state index contributed by atoms with van der Waals surface area (Å²) >= 11 is 0. The van der Waals surface area contributed by atoms with Crippen LogP contribution in [0.2, 0.25) is 0 Å². The number of piperidine rings is 1. The Labute approximate surface area is 116 Å². The van der Waals surface area contributed by atoms with E-state index in [1.165, 1.54) is 6.07 Å². The zero-order valence-electron chi connectivity index (χ0n) is 11.1. The molecule has 1 aromatic carbocycles.